The van der Waals surface area contributed by atoms with Crippen LogP contribution in [0.4, 0.5) is 0 Å². The molecule has 0 N–H and O–H groups in total. The van der Waals surface area contributed by atoms with E-state index in [2.05, 4.69) is 29.8 Å². The molecule has 1 heterocycles. The Kier molecular flexibility index (Phi) is 5.66. The Morgan fingerprint density at radius 2 is 1.79 bits per heavy atom. The lowest BCUT2D eigenvalue weighted by atomic mass is 10.1. The molecule has 2 aliphatic rings. The molecule has 1 aliphatic carbocycles. The molecule has 2 atom stereocenters. The van der Waals surface area contributed by atoms with E-state index in [4.69, 9.17) is 5.26 Å². The first kappa shape index (κ1) is 14.8. The Morgan fingerprint density at radius 3 is 2.42 bits per heavy atom. The zero-order chi connectivity index (χ0) is 13.7. The van der Waals surface area contributed by atoms with Crippen molar-refractivity contribution < 1.29 is 0 Å². The molecule has 1 aliphatic heterocycles. The maximum atomic E-state index is 9.06. The maximum Gasteiger partial charge on any atom is 0.0638 e. The minimum Gasteiger partial charge on any atom is -0.299 e. The van der Waals surface area contributed by atoms with Crippen LogP contribution in [0.2, 0.25) is 0 Å². The summed E-state index contributed by atoms with van der Waals surface area (Å²) in [4.78, 5) is 5.13. The molecule has 0 spiro atoms. The third-order valence-corrected chi connectivity index (χ3v) is 5.22. The van der Waals surface area contributed by atoms with Crippen LogP contribution in [0.5, 0.6) is 0 Å². The predicted octanol–water partition coefficient (Wildman–Crippen LogP) is 3.02. The van der Waals surface area contributed by atoms with Gasteiger partial charge in [-0.25, -0.2) is 0 Å². The van der Waals surface area contributed by atoms with E-state index in [1.54, 1.807) is 0 Å². The van der Waals surface area contributed by atoms with Gasteiger partial charge in [0.2, 0.25) is 0 Å². The number of hydrogen-bond acceptors (Lipinski definition) is 3. The minimum atomic E-state index is 0.422. The molecule has 19 heavy (non-hydrogen) atoms. The fourth-order valence-corrected chi connectivity index (χ4v) is 3.68. The van der Waals surface area contributed by atoms with E-state index >= 15 is 0 Å². The van der Waals surface area contributed by atoms with Gasteiger partial charge in [-0.2, -0.15) is 5.26 Å². The van der Waals surface area contributed by atoms with Crippen LogP contribution in [-0.4, -0.2) is 48.1 Å². The highest BCUT2D eigenvalue weighted by molar-refractivity contribution is 4.90. The van der Waals surface area contributed by atoms with Crippen molar-refractivity contribution in [1.29, 1.82) is 5.26 Å². The summed E-state index contributed by atoms with van der Waals surface area (Å²) < 4.78 is 0. The average molecular weight is 263 g/mol. The van der Waals surface area contributed by atoms with E-state index in [1.165, 1.54) is 51.5 Å². The Balaban J connectivity index is 2.01. The number of hydrogen-bond donors (Lipinski definition) is 0. The van der Waals surface area contributed by atoms with Crippen molar-refractivity contribution in [3.8, 4) is 6.07 Å². The summed E-state index contributed by atoms with van der Waals surface area (Å²) in [6.07, 6.45) is 10.3. The number of rotatable bonds is 2. The Bertz CT molecular complexity index is 302. The average Bonchev–Trinajstić information content (AvgIpc) is 2.75. The Labute approximate surface area is 118 Å². The van der Waals surface area contributed by atoms with Crippen LogP contribution in [0, 0.1) is 11.3 Å². The van der Waals surface area contributed by atoms with Crippen molar-refractivity contribution in [2.24, 2.45) is 0 Å². The van der Waals surface area contributed by atoms with Crippen molar-refractivity contribution in [2.45, 2.75) is 76.4 Å². The largest absolute Gasteiger partial charge is 0.299 e. The molecule has 3 heteroatoms. The number of nitrogens with zero attached hydrogens (tertiary/aromatic N) is 3. The van der Waals surface area contributed by atoms with Gasteiger partial charge in [0.25, 0.3) is 0 Å². The number of likely N-dealkylation sites (N-methyl/N-ethyl adjacent to an activating group) is 1. The van der Waals surface area contributed by atoms with Crippen LogP contribution >= 0.6 is 0 Å². The second kappa shape index (κ2) is 7.26. The monoisotopic (exact) mass is 263 g/mol. The molecule has 0 radical (unpaired) electrons. The van der Waals surface area contributed by atoms with Crippen LogP contribution in [-0.2, 0) is 0 Å². The molecule has 2 fully saturated rings. The SMILES string of the molecule is CC1CCN(C2CCCCCC2)CC(CC#N)N1C. The number of nitriles is 1. The zero-order valence-electron chi connectivity index (χ0n) is 12.6. The van der Waals surface area contributed by atoms with Crippen molar-refractivity contribution >= 4 is 0 Å². The lowest BCUT2D eigenvalue weighted by molar-refractivity contribution is 0.145. The summed E-state index contributed by atoms with van der Waals surface area (Å²) in [6.45, 7) is 4.62. The van der Waals surface area contributed by atoms with Gasteiger partial charge < -0.3 is 0 Å². The maximum absolute atomic E-state index is 9.06. The fraction of sp³-hybridized carbons (Fsp3) is 0.938. The molecule has 0 bridgehead atoms. The quantitative estimate of drug-likeness (QED) is 0.717. The highest BCUT2D eigenvalue weighted by atomic mass is 15.3. The first-order valence-corrected chi connectivity index (χ1v) is 8.05. The molecule has 0 aromatic rings. The van der Waals surface area contributed by atoms with Crippen molar-refractivity contribution in [3.05, 3.63) is 0 Å². The van der Waals surface area contributed by atoms with Crippen LogP contribution in [0.3, 0.4) is 0 Å². The van der Waals surface area contributed by atoms with E-state index in [0.717, 1.165) is 12.6 Å². The van der Waals surface area contributed by atoms with Gasteiger partial charge in [-0.1, -0.05) is 25.7 Å². The Hall–Kier alpha value is -0.590. The molecule has 0 aromatic heterocycles. The molecule has 0 amide bonds. The van der Waals surface area contributed by atoms with Gasteiger partial charge in [-0.15, -0.1) is 0 Å². The minimum absolute atomic E-state index is 0.422. The summed E-state index contributed by atoms with van der Waals surface area (Å²) >= 11 is 0. The van der Waals surface area contributed by atoms with E-state index < -0.39 is 0 Å². The van der Waals surface area contributed by atoms with Gasteiger partial charge in [0.05, 0.1) is 12.5 Å². The molecule has 0 aromatic carbocycles. The van der Waals surface area contributed by atoms with Crippen LogP contribution in [0.25, 0.3) is 0 Å². The highest BCUT2D eigenvalue weighted by Crippen LogP contribution is 2.25. The van der Waals surface area contributed by atoms with Crippen molar-refractivity contribution in [1.82, 2.24) is 9.80 Å². The second-order valence-electron chi connectivity index (χ2n) is 6.46. The van der Waals surface area contributed by atoms with Gasteiger partial charge in [0, 0.05) is 24.7 Å². The van der Waals surface area contributed by atoms with Gasteiger partial charge in [0.1, 0.15) is 0 Å². The van der Waals surface area contributed by atoms with E-state index in [0.29, 0.717) is 18.5 Å². The highest BCUT2D eigenvalue weighted by Gasteiger charge is 2.30. The van der Waals surface area contributed by atoms with Gasteiger partial charge >= 0.3 is 0 Å². The molecule has 108 valence electrons. The summed E-state index contributed by atoms with van der Waals surface area (Å²) in [6, 6.07) is 4.19. The van der Waals surface area contributed by atoms with E-state index in [-0.39, 0.29) is 0 Å². The first-order chi connectivity index (χ1) is 9.22. The van der Waals surface area contributed by atoms with Gasteiger partial charge in [-0.3, -0.25) is 9.80 Å². The molecular weight excluding hydrogens is 234 g/mol. The molecule has 1 saturated carbocycles. The zero-order valence-corrected chi connectivity index (χ0v) is 12.6. The summed E-state index contributed by atoms with van der Waals surface area (Å²) in [5.74, 6) is 0. The third kappa shape index (κ3) is 3.94. The molecule has 3 nitrogen and oxygen atoms in total. The lowest BCUT2D eigenvalue weighted by Crippen LogP contribution is -2.44. The summed E-state index contributed by atoms with van der Waals surface area (Å²) in [5, 5.41) is 9.06. The third-order valence-electron chi connectivity index (χ3n) is 5.22. The molecule has 1 saturated heterocycles. The van der Waals surface area contributed by atoms with E-state index in [9.17, 15) is 0 Å². The molecular formula is C16H29N3. The van der Waals surface area contributed by atoms with Crippen molar-refractivity contribution in [3.63, 3.8) is 0 Å². The standard InChI is InChI=1S/C16H29N3/c1-14-10-12-19(13-16(9-11-17)18(14)2)15-7-5-3-4-6-8-15/h14-16H,3-10,12-13H2,1-2H3. The van der Waals surface area contributed by atoms with Crippen molar-refractivity contribution in [2.75, 3.05) is 20.1 Å². The van der Waals surface area contributed by atoms with Crippen LogP contribution < -0.4 is 0 Å². The van der Waals surface area contributed by atoms with Gasteiger partial charge in [0.15, 0.2) is 0 Å². The van der Waals surface area contributed by atoms with E-state index in [1.807, 2.05) is 0 Å². The summed E-state index contributed by atoms with van der Waals surface area (Å²) in [7, 11) is 2.20. The first-order valence-electron chi connectivity index (χ1n) is 8.05. The summed E-state index contributed by atoms with van der Waals surface area (Å²) in [5.41, 5.74) is 0. The fourth-order valence-electron chi connectivity index (χ4n) is 3.68. The normalized spacial score (nSPS) is 32.5. The van der Waals surface area contributed by atoms with Crippen LogP contribution in [0.15, 0.2) is 0 Å². The Morgan fingerprint density at radius 1 is 1.11 bits per heavy atom. The van der Waals surface area contributed by atoms with Gasteiger partial charge in [-0.05, 0) is 39.8 Å². The molecule has 2 unspecified atom stereocenters. The smallest absolute Gasteiger partial charge is 0.0638 e. The van der Waals surface area contributed by atoms with Crippen LogP contribution in [0.1, 0.15) is 58.3 Å². The second-order valence-corrected chi connectivity index (χ2v) is 6.46. The molecule has 2 rings (SSSR count). The lowest BCUT2D eigenvalue weighted by Gasteiger charge is -2.33. The topological polar surface area (TPSA) is 30.3 Å². The predicted molar refractivity (Wildman–Crippen MR) is 78.9 cm³/mol.